The lowest BCUT2D eigenvalue weighted by Gasteiger charge is -2.12. The number of Topliss-reactive ketones (excluding diaryl/α,β-unsaturated/α-hetero) is 2. The Labute approximate surface area is 89.0 Å². The minimum absolute atomic E-state index is 0.0895. The Morgan fingerprint density at radius 3 is 2.64 bits per heavy atom. The van der Waals surface area contributed by atoms with Gasteiger partial charge in [-0.2, -0.15) is 0 Å². The average molecular weight is 215 g/mol. The predicted molar refractivity (Wildman–Crippen MR) is 58.6 cm³/mol. The largest absolute Gasteiger partial charge is 0.316 e. The van der Waals surface area contributed by atoms with E-state index in [-0.39, 0.29) is 22.7 Å². The second-order valence-corrected chi connectivity index (χ2v) is 5.04. The van der Waals surface area contributed by atoms with Gasteiger partial charge in [-0.1, -0.05) is 0 Å². The van der Waals surface area contributed by atoms with E-state index in [2.05, 4.69) is 12.2 Å². The molecule has 1 rings (SSSR count). The molecule has 80 valence electrons. The van der Waals surface area contributed by atoms with Gasteiger partial charge < -0.3 is 5.32 Å². The highest BCUT2D eigenvalue weighted by atomic mass is 32.2. The average Bonchev–Trinajstić information content (AvgIpc) is 2.42. The third-order valence-electron chi connectivity index (χ3n) is 2.65. The molecule has 1 fully saturated rings. The Bertz CT molecular complexity index is 242. The number of thioether (sulfide) groups is 1. The molecule has 0 aromatic heterocycles. The van der Waals surface area contributed by atoms with Gasteiger partial charge in [-0.25, -0.2) is 0 Å². The summed E-state index contributed by atoms with van der Waals surface area (Å²) in [7, 11) is 1.90. The SMILES string of the molecule is CNC(C)CSC1CC(=O)C(C)C1=O. The van der Waals surface area contributed by atoms with E-state index in [4.69, 9.17) is 0 Å². The standard InChI is InChI=1S/C10H17NO2S/c1-6(11-3)5-14-9-4-8(12)7(2)10(9)13/h6-7,9,11H,4-5H2,1-3H3. The summed E-state index contributed by atoms with van der Waals surface area (Å²) in [6.45, 7) is 3.78. The molecule has 1 saturated carbocycles. The van der Waals surface area contributed by atoms with Crippen LogP contribution in [-0.2, 0) is 9.59 Å². The van der Waals surface area contributed by atoms with Crippen molar-refractivity contribution < 1.29 is 9.59 Å². The first-order chi connectivity index (χ1) is 6.56. The van der Waals surface area contributed by atoms with Crippen LogP contribution in [0.25, 0.3) is 0 Å². The fraction of sp³-hybridized carbons (Fsp3) is 0.800. The zero-order valence-electron chi connectivity index (χ0n) is 8.87. The summed E-state index contributed by atoms with van der Waals surface area (Å²) in [6.07, 6.45) is 0.432. The van der Waals surface area contributed by atoms with Crippen molar-refractivity contribution in [3.63, 3.8) is 0 Å². The zero-order chi connectivity index (χ0) is 10.7. The molecule has 3 atom stereocenters. The molecule has 0 radical (unpaired) electrons. The van der Waals surface area contributed by atoms with Crippen LogP contribution in [-0.4, -0.2) is 35.7 Å². The molecule has 0 bridgehead atoms. The topological polar surface area (TPSA) is 46.2 Å². The maximum absolute atomic E-state index is 11.6. The molecule has 0 spiro atoms. The van der Waals surface area contributed by atoms with Gasteiger partial charge in [0.2, 0.25) is 0 Å². The first-order valence-electron chi connectivity index (χ1n) is 4.91. The quantitative estimate of drug-likeness (QED) is 0.707. The minimum Gasteiger partial charge on any atom is -0.316 e. The summed E-state index contributed by atoms with van der Waals surface area (Å²) in [5.41, 5.74) is 0. The normalized spacial score (nSPS) is 29.6. The molecular weight excluding hydrogens is 198 g/mol. The minimum atomic E-state index is -0.364. The van der Waals surface area contributed by atoms with Gasteiger partial charge in [0.05, 0.1) is 11.2 Å². The van der Waals surface area contributed by atoms with Crippen LogP contribution in [0.2, 0.25) is 0 Å². The molecule has 3 nitrogen and oxygen atoms in total. The van der Waals surface area contributed by atoms with E-state index in [1.165, 1.54) is 0 Å². The number of carbonyl (C=O) groups is 2. The van der Waals surface area contributed by atoms with Crippen molar-refractivity contribution in [2.75, 3.05) is 12.8 Å². The van der Waals surface area contributed by atoms with Crippen molar-refractivity contribution >= 4 is 23.3 Å². The van der Waals surface area contributed by atoms with Crippen molar-refractivity contribution in [2.45, 2.75) is 31.6 Å². The molecule has 1 N–H and O–H groups in total. The third kappa shape index (κ3) is 2.58. The van der Waals surface area contributed by atoms with Gasteiger partial charge in [-0.3, -0.25) is 9.59 Å². The molecule has 0 amide bonds. The molecular formula is C10H17NO2S. The van der Waals surface area contributed by atoms with Crippen LogP contribution in [0.1, 0.15) is 20.3 Å². The Kier molecular flexibility index (Phi) is 4.13. The molecule has 14 heavy (non-hydrogen) atoms. The Hall–Kier alpha value is -0.350. The molecule has 1 aliphatic rings. The predicted octanol–water partition coefficient (Wildman–Crippen LogP) is 0.874. The summed E-state index contributed by atoms with van der Waals surface area (Å²) < 4.78 is 0. The summed E-state index contributed by atoms with van der Waals surface area (Å²) in [5, 5.41) is 3.02. The van der Waals surface area contributed by atoms with E-state index < -0.39 is 0 Å². The van der Waals surface area contributed by atoms with E-state index in [9.17, 15) is 9.59 Å². The zero-order valence-corrected chi connectivity index (χ0v) is 9.69. The van der Waals surface area contributed by atoms with E-state index in [0.717, 1.165) is 5.75 Å². The second-order valence-electron chi connectivity index (χ2n) is 3.81. The number of nitrogens with one attached hydrogen (secondary N) is 1. The van der Waals surface area contributed by atoms with E-state index >= 15 is 0 Å². The maximum Gasteiger partial charge on any atom is 0.156 e. The molecule has 0 aromatic rings. The number of rotatable bonds is 4. The molecule has 1 aliphatic carbocycles. The van der Waals surface area contributed by atoms with Crippen molar-refractivity contribution in [1.29, 1.82) is 0 Å². The maximum atomic E-state index is 11.6. The van der Waals surface area contributed by atoms with Crippen molar-refractivity contribution in [3.05, 3.63) is 0 Å². The Morgan fingerprint density at radius 1 is 1.57 bits per heavy atom. The van der Waals surface area contributed by atoms with Crippen molar-refractivity contribution in [1.82, 2.24) is 5.32 Å². The van der Waals surface area contributed by atoms with Gasteiger partial charge in [-0.05, 0) is 20.9 Å². The van der Waals surface area contributed by atoms with Gasteiger partial charge in [0.25, 0.3) is 0 Å². The first kappa shape index (κ1) is 11.7. The molecule has 0 aromatic carbocycles. The van der Waals surface area contributed by atoms with Crippen LogP contribution in [0, 0.1) is 5.92 Å². The van der Waals surface area contributed by atoms with Crippen LogP contribution in [0.15, 0.2) is 0 Å². The molecule has 0 saturated heterocycles. The number of ketones is 2. The van der Waals surface area contributed by atoms with Crippen LogP contribution in [0.3, 0.4) is 0 Å². The van der Waals surface area contributed by atoms with E-state index in [1.807, 2.05) is 7.05 Å². The summed E-state index contributed by atoms with van der Waals surface area (Å²) in [6, 6.07) is 0.388. The Morgan fingerprint density at radius 2 is 2.21 bits per heavy atom. The van der Waals surface area contributed by atoms with E-state index in [0.29, 0.717) is 12.5 Å². The highest BCUT2D eigenvalue weighted by Gasteiger charge is 2.38. The molecule has 4 heteroatoms. The molecule has 0 aliphatic heterocycles. The van der Waals surface area contributed by atoms with Gasteiger partial charge in [0.15, 0.2) is 5.78 Å². The lowest BCUT2D eigenvalue weighted by molar-refractivity contribution is -0.126. The van der Waals surface area contributed by atoms with Gasteiger partial charge in [0.1, 0.15) is 5.78 Å². The van der Waals surface area contributed by atoms with Crippen LogP contribution >= 0.6 is 11.8 Å². The Balaban J connectivity index is 2.40. The van der Waals surface area contributed by atoms with Crippen LogP contribution in [0.5, 0.6) is 0 Å². The van der Waals surface area contributed by atoms with Gasteiger partial charge >= 0.3 is 0 Å². The monoisotopic (exact) mass is 215 g/mol. The third-order valence-corrected chi connectivity index (χ3v) is 4.15. The number of hydrogen-bond acceptors (Lipinski definition) is 4. The summed E-state index contributed by atoms with van der Waals surface area (Å²) in [4.78, 5) is 22.8. The summed E-state index contributed by atoms with van der Waals surface area (Å²) in [5.74, 6) is 0.734. The summed E-state index contributed by atoms with van der Waals surface area (Å²) >= 11 is 1.60. The highest BCUT2D eigenvalue weighted by Crippen LogP contribution is 2.28. The lowest BCUT2D eigenvalue weighted by Crippen LogP contribution is -2.26. The fourth-order valence-corrected chi connectivity index (χ4v) is 2.72. The van der Waals surface area contributed by atoms with Crippen LogP contribution < -0.4 is 5.32 Å². The highest BCUT2D eigenvalue weighted by molar-refractivity contribution is 8.00. The smallest absolute Gasteiger partial charge is 0.156 e. The van der Waals surface area contributed by atoms with Crippen molar-refractivity contribution in [2.24, 2.45) is 5.92 Å². The van der Waals surface area contributed by atoms with Gasteiger partial charge in [0, 0.05) is 18.2 Å². The van der Waals surface area contributed by atoms with Gasteiger partial charge in [-0.15, -0.1) is 11.8 Å². The molecule has 0 heterocycles. The molecule has 3 unspecified atom stereocenters. The van der Waals surface area contributed by atoms with Crippen LogP contribution in [0.4, 0.5) is 0 Å². The fourth-order valence-electron chi connectivity index (χ4n) is 1.38. The lowest BCUT2D eigenvalue weighted by atomic mass is 10.1. The first-order valence-corrected chi connectivity index (χ1v) is 5.96. The number of carbonyl (C=O) groups excluding carboxylic acids is 2. The number of hydrogen-bond donors (Lipinski definition) is 1. The van der Waals surface area contributed by atoms with E-state index in [1.54, 1.807) is 18.7 Å². The van der Waals surface area contributed by atoms with Crippen molar-refractivity contribution in [3.8, 4) is 0 Å². The second kappa shape index (κ2) is 4.94.